The summed E-state index contributed by atoms with van der Waals surface area (Å²) >= 11 is 3.03. The molecule has 3 aromatic heterocycles. The lowest BCUT2D eigenvalue weighted by molar-refractivity contribution is -0.120. The van der Waals surface area contributed by atoms with E-state index in [1.165, 1.54) is 11.8 Å². The van der Waals surface area contributed by atoms with Crippen LogP contribution in [0.4, 0.5) is 0 Å². The second-order valence-electron chi connectivity index (χ2n) is 5.93. The zero-order valence-corrected chi connectivity index (χ0v) is 16.2. The Morgan fingerprint density at radius 3 is 2.85 bits per heavy atom. The van der Waals surface area contributed by atoms with E-state index in [1.54, 1.807) is 30.0 Å². The van der Waals surface area contributed by atoms with Gasteiger partial charge in [-0.2, -0.15) is 0 Å². The van der Waals surface area contributed by atoms with E-state index in [4.69, 9.17) is 4.42 Å². The fraction of sp³-hybridized carbons (Fsp3) is 0.150. The van der Waals surface area contributed by atoms with E-state index >= 15 is 0 Å². The third-order valence-corrected chi connectivity index (χ3v) is 6.08. The smallest absolute Gasteiger partial charge is 0.233 e. The van der Waals surface area contributed by atoms with Crippen LogP contribution in [-0.4, -0.2) is 21.1 Å². The number of amides is 1. The van der Waals surface area contributed by atoms with E-state index in [1.807, 2.05) is 31.2 Å². The van der Waals surface area contributed by atoms with Crippen molar-refractivity contribution >= 4 is 39.2 Å². The van der Waals surface area contributed by atoms with E-state index in [-0.39, 0.29) is 11.2 Å². The first-order valence-electron chi connectivity index (χ1n) is 8.47. The number of benzene rings is 1. The van der Waals surface area contributed by atoms with Gasteiger partial charge in [0.05, 0.1) is 23.4 Å². The van der Waals surface area contributed by atoms with Gasteiger partial charge in [-0.25, -0.2) is 9.97 Å². The lowest BCUT2D eigenvalue weighted by atomic mass is 10.1. The minimum Gasteiger partial charge on any atom is -0.467 e. The molecule has 0 aliphatic heterocycles. The molecule has 4 aromatic rings. The Morgan fingerprint density at radius 1 is 1.22 bits per heavy atom. The molecule has 0 saturated heterocycles. The third-order valence-electron chi connectivity index (χ3n) is 4.09. The van der Waals surface area contributed by atoms with Crippen LogP contribution in [0.3, 0.4) is 0 Å². The fourth-order valence-electron chi connectivity index (χ4n) is 2.72. The van der Waals surface area contributed by atoms with Crippen LogP contribution < -0.4 is 5.32 Å². The molecule has 0 bridgehead atoms. The number of carbonyl (C=O) groups is 1. The van der Waals surface area contributed by atoms with Crippen molar-refractivity contribution in [1.82, 2.24) is 15.3 Å². The summed E-state index contributed by atoms with van der Waals surface area (Å²) < 4.78 is 5.25. The topological polar surface area (TPSA) is 68.0 Å². The highest BCUT2D eigenvalue weighted by Gasteiger charge is 2.19. The van der Waals surface area contributed by atoms with Gasteiger partial charge in [0.15, 0.2) is 0 Å². The summed E-state index contributed by atoms with van der Waals surface area (Å²) in [6.45, 7) is 2.26. The quantitative estimate of drug-likeness (QED) is 0.377. The molecule has 3 heterocycles. The zero-order valence-electron chi connectivity index (χ0n) is 14.6. The first-order valence-corrected chi connectivity index (χ1v) is 10.2. The SMILES string of the molecule is C[C@@H](Sc1ncnc2scc(-c3ccccc3)c12)C(=O)NCc1ccco1. The average Bonchev–Trinajstić information content (AvgIpc) is 3.37. The van der Waals surface area contributed by atoms with Gasteiger partial charge < -0.3 is 9.73 Å². The van der Waals surface area contributed by atoms with E-state index in [2.05, 4.69) is 32.8 Å². The summed E-state index contributed by atoms with van der Waals surface area (Å²) in [5, 5.41) is 6.53. The number of rotatable bonds is 6. The Bertz CT molecular complexity index is 1050. The second-order valence-corrected chi connectivity index (χ2v) is 8.12. The number of furan rings is 1. The molecule has 0 fully saturated rings. The Morgan fingerprint density at radius 2 is 2.07 bits per heavy atom. The van der Waals surface area contributed by atoms with E-state index < -0.39 is 0 Å². The number of hydrogen-bond acceptors (Lipinski definition) is 6. The number of fused-ring (bicyclic) bond motifs is 1. The highest BCUT2D eigenvalue weighted by Crippen LogP contribution is 2.38. The monoisotopic (exact) mass is 395 g/mol. The van der Waals surface area contributed by atoms with Gasteiger partial charge in [-0.15, -0.1) is 11.3 Å². The number of thiophene rings is 1. The second kappa shape index (κ2) is 7.94. The van der Waals surface area contributed by atoms with Crippen molar-refractivity contribution in [2.45, 2.75) is 23.7 Å². The van der Waals surface area contributed by atoms with Crippen LogP contribution in [0.5, 0.6) is 0 Å². The minimum absolute atomic E-state index is 0.0559. The van der Waals surface area contributed by atoms with Gasteiger partial charge in [0.2, 0.25) is 5.91 Å². The van der Waals surface area contributed by atoms with Crippen molar-refractivity contribution in [3.05, 3.63) is 66.2 Å². The Labute approximate surface area is 164 Å². The Hall–Kier alpha value is -2.64. The van der Waals surface area contributed by atoms with Gasteiger partial charge in [-0.1, -0.05) is 42.1 Å². The summed E-state index contributed by atoms with van der Waals surface area (Å²) in [5.74, 6) is 0.675. The van der Waals surface area contributed by atoms with Crippen LogP contribution in [0.25, 0.3) is 21.3 Å². The molecule has 0 aliphatic carbocycles. The van der Waals surface area contributed by atoms with Gasteiger partial charge in [0.25, 0.3) is 0 Å². The summed E-state index contributed by atoms with van der Waals surface area (Å²) in [6, 6.07) is 13.8. The molecule has 7 heteroatoms. The predicted octanol–water partition coefficient (Wildman–Crippen LogP) is 4.75. The van der Waals surface area contributed by atoms with Crippen molar-refractivity contribution in [1.29, 1.82) is 0 Å². The van der Waals surface area contributed by atoms with Crippen molar-refractivity contribution < 1.29 is 9.21 Å². The molecule has 0 aliphatic rings. The molecule has 0 radical (unpaired) electrons. The number of aromatic nitrogens is 2. The van der Waals surface area contributed by atoms with Gasteiger partial charge >= 0.3 is 0 Å². The lowest BCUT2D eigenvalue weighted by Crippen LogP contribution is -2.30. The summed E-state index contributed by atoms with van der Waals surface area (Å²) in [4.78, 5) is 22.2. The zero-order chi connectivity index (χ0) is 18.6. The summed E-state index contributed by atoms with van der Waals surface area (Å²) in [6.07, 6.45) is 3.16. The van der Waals surface area contributed by atoms with Gasteiger partial charge in [-0.05, 0) is 24.6 Å². The molecule has 4 rings (SSSR count). The standard InChI is InChI=1S/C20H17N3O2S2/c1-13(18(24)21-10-15-8-5-9-25-15)27-20-17-16(14-6-3-2-4-7-14)11-26-19(17)22-12-23-20/h2-9,11-13H,10H2,1H3,(H,21,24)/t13-/m1/s1. The molecule has 0 saturated carbocycles. The van der Waals surface area contributed by atoms with E-state index in [0.717, 1.165) is 32.1 Å². The van der Waals surface area contributed by atoms with E-state index in [0.29, 0.717) is 6.54 Å². The van der Waals surface area contributed by atoms with Gasteiger partial charge in [0, 0.05) is 10.9 Å². The molecule has 0 unspecified atom stereocenters. The minimum atomic E-state index is -0.290. The van der Waals surface area contributed by atoms with Gasteiger partial charge in [-0.3, -0.25) is 4.79 Å². The molecular formula is C20H17N3O2S2. The molecule has 1 aromatic carbocycles. The predicted molar refractivity (Wildman–Crippen MR) is 109 cm³/mol. The van der Waals surface area contributed by atoms with Crippen LogP contribution in [0, 0.1) is 0 Å². The first-order chi connectivity index (χ1) is 13.2. The summed E-state index contributed by atoms with van der Waals surface area (Å²) in [5.41, 5.74) is 2.22. The van der Waals surface area contributed by atoms with Crippen LogP contribution in [0.1, 0.15) is 12.7 Å². The molecule has 1 atom stereocenters. The number of hydrogen-bond donors (Lipinski definition) is 1. The number of nitrogens with zero attached hydrogens (tertiary/aromatic N) is 2. The van der Waals surface area contributed by atoms with Crippen LogP contribution in [0.15, 0.2) is 69.9 Å². The number of nitrogens with one attached hydrogen (secondary N) is 1. The van der Waals surface area contributed by atoms with Crippen molar-refractivity contribution in [2.24, 2.45) is 0 Å². The highest BCUT2D eigenvalue weighted by atomic mass is 32.2. The molecule has 1 N–H and O–H groups in total. The summed E-state index contributed by atoms with van der Waals surface area (Å²) in [7, 11) is 0. The molecule has 136 valence electrons. The van der Waals surface area contributed by atoms with Crippen molar-refractivity contribution in [2.75, 3.05) is 0 Å². The molecular weight excluding hydrogens is 378 g/mol. The largest absolute Gasteiger partial charge is 0.467 e. The highest BCUT2D eigenvalue weighted by molar-refractivity contribution is 8.00. The normalized spacial score (nSPS) is 12.2. The van der Waals surface area contributed by atoms with Crippen LogP contribution in [0.2, 0.25) is 0 Å². The molecule has 27 heavy (non-hydrogen) atoms. The van der Waals surface area contributed by atoms with Gasteiger partial charge in [0.1, 0.15) is 21.9 Å². The van der Waals surface area contributed by atoms with E-state index in [9.17, 15) is 4.79 Å². The Balaban J connectivity index is 1.56. The van der Waals surface area contributed by atoms with Crippen molar-refractivity contribution in [3.63, 3.8) is 0 Å². The Kier molecular flexibility index (Phi) is 5.22. The fourth-order valence-corrected chi connectivity index (χ4v) is 4.66. The number of thioether (sulfide) groups is 1. The molecule has 1 amide bonds. The van der Waals surface area contributed by atoms with Crippen LogP contribution >= 0.6 is 23.1 Å². The van der Waals surface area contributed by atoms with Crippen molar-refractivity contribution in [3.8, 4) is 11.1 Å². The molecule has 0 spiro atoms. The third kappa shape index (κ3) is 3.89. The van der Waals surface area contributed by atoms with Crippen LogP contribution in [-0.2, 0) is 11.3 Å². The molecule has 5 nitrogen and oxygen atoms in total. The maximum atomic E-state index is 12.5. The first kappa shape index (κ1) is 17.8. The maximum absolute atomic E-state index is 12.5. The maximum Gasteiger partial charge on any atom is 0.233 e. The average molecular weight is 396 g/mol. The lowest BCUT2D eigenvalue weighted by Gasteiger charge is -2.12. The number of carbonyl (C=O) groups excluding carboxylic acids is 1.